The first-order valence-corrected chi connectivity index (χ1v) is 9.44. The highest BCUT2D eigenvalue weighted by Crippen LogP contribution is 2.05. The van der Waals surface area contributed by atoms with Crippen LogP contribution in [-0.4, -0.2) is 112 Å². The predicted molar refractivity (Wildman–Crippen MR) is 115 cm³/mol. The monoisotopic (exact) mass is 468 g/mol. The second-order valence-electron chi connectivity index (χ2n) is 6.79. The quantitative estimate of drug-likeness (QED) is 0.315. The van der Waals surface area contributed by atoms with Crippen molar-refractivity contribution in [2.24, 2.45) is 4.99 Å². The van der Waals surface area contributed by atoms with Gasteiger partial charge in [0.05, 0.1) is 19.8 Å². The van der Waals surface area contributed by atoms with Crippen LogP contribution in [-0.2, 0) is 4.74 Å². The van der Waals surface area contributed by atoms with Gasteiger partial charge in [-0.1, -0.05) is 0 Å². The van der Waals surface area contributed by atoms with E-state index in [1.54, 1.807) is 0 Å². The molecule has 2 aliphatic heterocycles. The Balaban J connectivity index is 0.00000312. The molecule has 2 N–H and O–H groups in total. The van der Waals surface area contributed by atoms with Crippen molar-refractivity contribution in [1.82, 2.24) is 25.3 Å². The van der Waals surface area contributed by atoms with Gasteiger partial charge in [0, 0.05) is 64.9 Å². The lowest BCUT2D eigenvalue weighted by molar-refractivity contribution is 0.0389. The zero-order valence-corrected chi connectivity index (χ0v) is 18.5. The highest BCUT2D eigenvalue weighted by Gasteiger charge is 2.18. The fourth-order valence-electron chi connectivity index (χ4n) is 3.10. The summed E-state index contributed by atoms with van der Waals surface area (Å²) in [4.78, 5) is 12.2. The van der Waals surface area contributed by atoms with E-state index >= 15 is 0 Å². The van der Waals surface area contributed by atoms with E-state index in [1.807, 2.05) is 0 Å². The average Bonchev–Trinajstić information content (AvgIpc) is 2.61. The van der Waals surface area contributed by atoms with Crippen molar-refractivity contribution in [3.63, 3.8) is 0 Å². The largest absolute Gasteiger partial charge is 0.379 e. The van der Waals surface area contributed by atoms with Gasteiger partial charge in [0.15, 0.2) is 5.96 Å². The van der Waals surface area contributed by atoms with Crippen LogP contribution in [0.3, 0.4) is 0 Å². The number of piperazine rings is 1. The summed E-state index contributed by atoms with van der Waals surface area (Å²) in [5.41, 5.74) is 0. The topological polar surface area (TPSA) is 55.4 Å². The third-order valence-corrected chi connectivity index (χ3v) is 4.84. The number of nitrogens with zero attached hydrogens (tertiary/aromatic N) is 4. The van der Waals surface area contributed by atoms with Gasteiger partial charge in [-0.25, -0.2) is 0 Å². The molecule has 0 saturated carbocycles. The summed E-state index contributed by atoms with van der Waals surface area (Å²) < 4.78 is 5.39. The number of guanidine groups is 1. The number of rotatable bonds is 7. The molecule has 7 nitrogen and oxygen atoms in total. The molecule has 0 amide bonds. The van der Waals surface area contributed by atoms with Crippen molar-refractivity contribution in [2.75, 3.05) is 85.7 Å². The highest BCUT2D eigenvalue weighted by molar-refractivity contribution is 14.0. The summed E-state index contributed by atoms with van der Waals surface area (Å²) >= 11 is 0. The Kier molecular flexibility index (Phi) is 12.0. The SMILES string of the molecule is CCNC(=NCC(C)N1CCN(C)CC1)NCCN1CCOCC1.I. The van der Waals surface area contributed by atoms with E-state index in [0.717, 1.165) is 84.6 Å². The molecule has 2 saturated heterocycles. The fraction of sp³-hybridized carbons (Fsp3) is 0.941. The molecule has 1 atom stereocenters. The first-order chi connectivity index (χ1) is 11.7. The molecule has 0 aromatic rings. The van der Waals surface area contributed by atoms with Gasteiger partial charge in [-0.05, 0) is 20.9 Å². The van der Waals surface area contributed by atoms with Crippen LogP contribution >= 0.6 is 24.0 Å². The van der Waals surface area contributed by atoms with Gasteiger partial charge in [0.1, 0.15) is 0 Å². The number of nitrogens with one attached hydrogen (secondary N) is 2. The summed E-state index contributed by atoms with van der Waals surface area (Å²) in [6.45, 7) is 16.5. The molecule has 2 fully saturated rings. The first-order valence-electron chi connectivity index (χ1n) is 9.44. The molecule has 1 unspecified atom stereocenters. The summed E-state index contributed by atoms with van der Waals surface area (Å²) in [7, 11) is 2.20. The van der Waals surface area contributed by atoms with Gasteiger partial charge in [0.25, 0.3) is 0 Å². The molecule has 2 aliphatic rings. The van der Waals surface area contributed by atoms with Crippen molar-refractivity contribution in [1.29, 1.82) is 0 Å². The third-order valence-electron chi connectivity index (χ3n) is 4.84. The zero-order chi connectivity index (χ0) is 17.2. The van der Waals surface area contributed by atoms with Crippen molar-refractivity contribution in [2.45, 2.75) is 19.9 Å². The van der Waals surface area contributed by atoms with Gasteiger partial charge in [-0.3, -0.25) is 14.8 Å². The van der Waals surface area contributed by atoms with Crippen molar-refractivity contribution >= 4 is 29.9 Å². The number of aliphatic imine (C=N–C) groups is 1. The minimum Gasteiger partial charge on any atom is -0.379 e. The Labute approximate surface area is 170 Å². The minimum atomic E-state index is 0. The summed E-state index contributed by atoms with van der Waals surface area (Å²) in [6, 6.07) is 0.494. The van der Waals surface area contributed by atoms with Crippen molar-refractivity contribution in [3.05, 3.63) is 0 Å². The minimum absolute atomic E-state index is 0. The standard InChI is InChI=1S/C17H36N6O.HI/c1-4-18-17(19-5-6-22-11-13-24-14-12-22)20-15-16(2)23-9-7-21(3)8-10-23;/h16H,4-15H2,1-3H3,(H2,18,19,20);1H. The van der Waals surface area contributed by atoms with Crippen LogP contribution in [0.25, 0.3) is 0 Å². The van der Waals surface area contributed by atoms with E-state index in [4.69, 9.17) is 9.73 Å². The number of ether oxygens (including phenoxy) is 1. The molecule has 0 aliphatic carbocycles. The first kappa shape index (κ1) is 22.9. The normalized spacial score (nSPS) is 22.3. The average molecular weight is 468 g/mol. The Morgan fingerprint density at radius 3 is 2.40 bits per heavy atom. The maximum absolute atomic E-state index is 5.39. The third kappa shape index (κ3) is 8.85. The zero-order valence-electron chi connectivity index (χ0n) is 16.2. The summed E-state index contributed by atoms with van der Waals surface area (Å²) in [5.74, 6) is 0.937. The van der Waals surface area contributed by atoms with E-state index in [2.05, 4.69) is 46.2 Å². The predicted octanol–water partition coefficient (Wildman–Crippen LogP) is 0.128. The number of hydrogen-bond acceptors (Lipinski definition) is 5. The van der Waals surface area contributed by atoms with Crippen LogP contribution in [0.5, 0.6) is 0 Å². The number of likely N-dealkylation sites (N-methyl/N-ethyl adjacent to an activating group) is 1. The van der Waals surface area contributed by atoms with E-state index in [1.165, 1.54) is 0 Å². The van der Waals surface area contributed by atoms with Crippen LogP contribution in [0.2, 0.25) is 0 Å². The summed E-state index contributed by atoms with van der Waals surface area (Å²) in [6.07, 6.45) is 0. The van der Waals surface area contributed by atoms with Crippen molar-refractivity contribution in [3.8, 4) is 0 Å². The maximum atomic E-state index is 5.39. The molecule has 2 heterocycles. The number of morpholine rings is 1. The van der Waals surface area contributed by atoms with Crippen LogP contribution < -0.4 is 10.6 Å². The van der Waals surface area contributed by atoms with Gasteiger partial charge in [-0.2, -0.15) is 0 Å². The Morgan fingerprint density at radius 1 is 1.08 bits per heavy atom. The molecule has 0 aromatic heterocycles. The van der Waals surface area contributed by atoms with E-state index in [-0.39, 0.29) is 24.0 Å². The molecule has 0 aromatic carbocycles. The molecule has 2 rings (SSSR count). The van der Waals surface area contributed by atoms with Crippen molar-refractivity contribution < 1.29 is 4.74 Å². The molecule has 0 bridgehead atoms. The lowest BCUT2D eigenvalue weighted by atomic mass is 10.2. The lowest BCUT2D eigenvalue weighted by Gasteiger charge is -2.35. The molecule has 8 heteroatoms. The number of hydrogen-bond donors (Lipinski definition) is 2. The van der Waals surface area contributed by atoms with Crippen LogP contribution in [0.4, 0.5) is 0 Å². The second-order valence-corrected chi connectivity index (χ2v) is 6.79. The van der Waals surface area contributed by atoms with Gasteiger partial charge >= 0.3 is 0 Å². The van der Waals surface area contributed by atoms with Gasteiger partial charge in [-0.15, -0.1) is 24.0 Å². The number of halogens is 1. The molecular formula is C17H37IN6O. The van der Waals surface area contributed by atoms with E-state index in [0.29, 0.717) is 6.04 Å². The van der Waals surface area contributed by atoms with Gasteiger partial charge in [0.2, 0.25) is 0 Å². The van der Waals surface area contributed by atoms with E-state index in [9.17, 15) is 0 Å². The maximum Gasteiger partial charge on any atom is 0.191 e. The molecule has 0 radical (unpaired) electrons. The second kappa shape index (κ2) is 13.1. The van der Waals surface area contributed by atoms with Gasteiger partial charge < -0.3 is 20.3 Å². The lowest BCUT2D eigenvalue weighted by Crippen LogP contribution is -2.49. The van der Waals surface area contributed by atoms with Crippen LogP contribution in [0, 0.1) is 0 Å². The Morgan fingerprint density at radius 2 is 1.76 bits per heavy atom. The molecule has 25 heavy (non-hydrogen) atoms. The highest BCUT2D eigenvalue weighted by atomic mass is 127. The molecular weight excluding hydrogens is 431 g/mol. The molecule has 0 spiro atoms. The van der Waals surface area contributed by atoms with E-state index < -0.39 is 0 Å². The molecule has 148 valence electrons. The fourth-order valence-corrected chi connectivity index (χ4v) is 3.10. The van der Waals surface area contributed by atoms with Crippen LogP contribution in [0.15, 0.2) is 4.99 Å². The van der Waals surface area contributed by atoms with Crippen LogP contribution in [0.1, 0.15) is 13.8 Å². The summed E-state index contributed by atoms with van der Waals surface area (Å²) in [5, 5.41) is 6.82. The smallest absolute Gasteiger partial charge is 0.191 e. The Bertz CT molecular complexity index is 370. The Hall–Kier alpha value is -0.160.